The van der Waals surface area contributed by atoms with Gasteiger partial charge in [0, 0.05) is 5.56 Å². The first-order chi connectivity index (χ1) is 8.87. The first-order valence-corrected chi connectivity index (χ1v) is 6.19. The third-order valence-corrected chi connectivity index (χ3v) is 3.55. The zero-order valence-corrected chi connectivity index (χ0v) is 11.2. The summed E-state index contributed by atoms with van der Waals surface area (Å²) >= 11 is 5.38. The van der Waals surface area contributed by atoms with Gasteiger partial charge in [-0.1, -0.05) is 26.0 Å². The molecule has 1 fully saturated rings. The van der Waals surface area contributed by atoms with Gasteiger partial charge in [-0.3, -0.25) is 14.9 Å². The van der Waals surface area contributed by atoms with Crippen LogP contribution in [0.3, 0.4) is 0 Å². The number of hydrogen-bond acceptors (Lipinski definition) is 3. The summed E-state index contributed by atoms with van der Waals surface area (Å²) in [4.78, 5) is 34.5. The molecule has 100 valence electrons. The summed E-state index contributed by atoms with van der Waals surface area (Å²) in [7, 11) is 0. The lowest BCUT2D eigenvalue weighted by atomic mass is 9.80. The van der Waals surface area contributed by atoms with Gasteiger partial charge in [0.2, 0.25) is 0 Å². The lowest BCUT2D eigenvalue weighted by Gasteiger charge is -2.30. The predicted octanol–water partition coefficient (Wildman–Crippen LogP) is 1.76. The number of halogens is 1. The minimum Gasteiger partial charge on any atom is -0.319 e. The SMILES string of the molecule is CC(C)[C@]1(c2ccc(C(=O)Cl)cc2)NC(=O)NC1=O. The molecule has 0 radical (unpaired) electrons. The van der Waals surface area contributed by atoms with Crippen LogP contribution in [0.1, 0.15) is 29.8 Å². The summed E-state index contributed by atoms with van der Waals surface area (Å²) in [6.45, 7) is 3.68. The van der Waals surface area contributed by atoms with Crippen molar-refractivity contribution < 1.29 is 14.4 Å². The number of amides is 3. The van der Waals surface area contributed by atoms with E-state index in [1.165, 1.54) is 12.1 Å². The second-order valence-corrected chi connectivity index (χ2v) is 5.07. The maximum absolute atomic E-state index is 12.1. The molecule has 1 aromatic carbocycles. The Hall–Kier alpha value is -1.88. The number of imide groups is 1. The number of rotatable bonds is 3. The Morgan fingerprint density at radius 3 is 2.16 bits per heavy atom. The van der Waals surface area contributed by atoms with Gasteiger partial charge >= 0.3 is 6.03 Å². The molecule has 6 heteroatoms. The van der Waals surface area contributed by atoms with Gasteiger partial charge in [-0.15, -0.1) is 0 Å². The number of carbonyl (C=O) groups excluding carboxylic acids is 3. The Morgan fingerprint density at radius 1 is 1.21 bits per heavy atom. The zero-order chi connectivity index (χ0) is 14.2. The quantitative estimate of drug-likeness (QED) is 0.654. The number of carbonyl (C=O) groups is 3. The van der Waals surface area contributed by atoms with Crippen molar-refractivity contribution in [3.8, 4) is 0 Å². The van der Waals surface area contributed by atoms with Crippen LogP contribution >= 0.6 is 11.6 Å². The smallest absolute Gasteiger partial charge is 0.319 e. The van der Waals surface area contributed by atoms with Crippen molar-refractivity contribution in [1.82, 2.24) is 10.6 Å². The summed E-state index contributed by atoms with van der Waals surface area (Å²) in [6, 6.07) is 5.80. The average Bonchev–Trinajstić information content (AvgIpc) is 2.65. The molecule has 1 heterocycles. The van der Waals surface area contributed by atoms with Gasteiger partial charge in [-0.05, 0) is 35.2 Å². The predicted molar refractivity (Wildman–Crippen MR) is 69.8 cm³/mol. The molecule has 0 bridgehead atoms. The van der Waals surface area contributed by atoms with Gasteiger partial charge in [0.15, 0.2) is 0 Å². The van der Waals surface area contributed by atoms with Crippen molar-refractivity contribution in [1.29, 1.82) is 0 Å². The maximum Gasteiger partial charge on any atom is 0.322 e. The highest BCUT2D eigenvalue weighted by Gasteiger charge is 2.49. The molecule has 0 aromatic heterocycles. The Kier molecular flexibility index (Phi) is 3.32. The Labute approximate surface area is 115 Å². The van der Waals surface area contributed by atoms with E-state index in [4.69, 9.17) is 11.6 Å². The maximum atomic E-state index is 12.1. The molecule has 19 heavy (non-hydrogen) atoms. The van der Waals surface area contributed by atoms with Crippen LogP contribution in [0.5, 0.6) is 0 Å². The van der Waals surface area contributed by atoms with Crippen LogP contribution in [-0.4, -0.2) is 17.2 Å². The standard InChI is InChI=1S/C13H13ClN2O3/c1-7(2)13(11(18)15-12(19)16-13)9-5-3-8(4-6-9)10(14)17/h3-7H,1-2H3,(H2,15,16,18,19)/t13-/m1/s1. The second kappa shape index (κ2) is 4.66. The molecular weight excluding hydrogens is 268 g/mol. The number of benzene rings is 1. The molecule has 3 amide bonds. The van der Waals surface area contributed by atoms with Crippen molar-refractivity contribution in [2.45, 2.75) is 19.4 Å². The highest BCUT2D eigenvalue weighted by atomic mass is 35.5. The first kappa shape index (κ1) is 13.5. The van der Waals surface area contributed by atoms with Crippen LogP contribution in [0.15, 0.2) is 24.3 Å². The molecule has 5 nitrogen and oxygen atoms in total. The van der Waals surface area contributed by atoms with Crippen LogP contribution in [-0.2, 0) is 10.3 Å². The van der Waals surface area contributed by atoms with E-state index >= 15 is 0 Å². The molecule has 0 saturated carbocycles. The fourth-order valence-corrected chi connectivity index (χ4v) is 2.40. The third kappa shape index (κ3) is 2.10. The monoisotopic (exact) mass is 280 g/mol. The molecule has 1 aliphatic heterocycles. The summed E-state index contributed by atoms with van der Waals surface area (Å²) in [6.07, 6.45) is 0. The summed E-state index contributed by atoms with van der Waals surface area (Å²) < 4.78 is 0. The number of hydrogen-bond donors (Lipinski definition) is 2. The van der Waals surface area contributed by atoms with Crippen molar-refractivity contribution >= 4 is 28.8 Å². The van der Waals surface area contributed by atoms with E-state index < -0.39 is 22.7 Å². The van der Waals surface area contributed by atoms with E-state index in [0.717, 1.165) is 0 Å². The Bertz CT molecular complexity index is 554. The number of nitrogens with one attached hydrogen (secondary N) is 2. The molecular formula is C13H13ClN2O3. The highest BCUT2D eigenvalue weighted by Crippen LogP contribution is 2.32. The minimum atomic E-state index is -1.11. The third-order valence-electron chi connectivity index (χ3n) is 3.33. The van der Waals surface area contributed by atoms with Gasteiger partial charge in [0.25, 0.3) is 11.1 Å². The zero-order valence-electron chi connectivity index (χ0n) is 10.5. The van der Waals surface area contributed by atoms with Crippen LogP contribution < -0.4 is 10.6 Å². The molecule has 2 rings (SSSR count). The fraction of sp³-hybridized carbons (Fsp3) is 0.308. The van der Waals surface area contributed by atoms with Gasteiger partial charge in [0.05, 0.1) is 0 Å². The Balaban J connectivity index is 2.49. The summed E-state index contributed by atoms with van der Waals surface area (Å²) in [5.74, 6) is -0.533. The van der Waals surface area contributed by atoms with Gasteiger partial charge in [0.1, 0.15) is 5.54 Å². The second-order valence-electron chi connectivity index (χ2n) is 4.72. The Morgan fingerprint density at radius 2 is 1.79 bits per heavy atom. The molecule has 0 aliphatic carbocycles. The molecule has 1 saturated heterocycles. The first-order valence-electron chi connectivity index (χ1n) is 5.82. The van der Waals surface area contributed by atoms with Crippen molar-refractivity contribution in [2.75, 3.05) is 0 Å². The van der Waals surface area contributed by atoms with Gasteiger partial charge < -0.3 is 5.32 Å². The van der Waals surface area contributed by atoms with Crippen molar-refractivity contribution in [2.24, 2.45) is 5.92 Å². The fourth-order valence-electron chi connectivity index (χ4n) is 2.28. The van der Waals surface area contributed by atoms with E-state index in [1.54, 1.807) is 12.1 Å². The molecule has 1 aliphatic rings. The lowest BCUT2D eigenvalue weighted by Crippen LogP contribution is -2.48. The van der Waals surface area contributed by atoms with E-state index in [-0.39, 0.29) is 5.92 Å². The topological polar surface area (TPSA) is 75.3 Å². The van der Waals surface area contributed by atoms with Crippen molar-refractivity contribution in [3.63, 3.8) is 0 Å². The van der Waals surface area contributed by atoms with E-state index in [9.17, 15) is 14.4 Å². The molecule has 0 spiro atoms. The summed E-state index contributed by atoms with van der Waals surface area (Å²) in [5.41, 5.74) is -0.146. The molecule has 2 N–H and O–H groups in total. The molecule has 1 aromatic rings. The average molecular weight is 281 g/mol. The van der Waals surface area contributed by atoms with E-state index in [0.29, 0.717) is 11.1 Å². The van der Waals surface area contributed by atoms with Gasteiger partial charge in [-0.25, -0.2) is 4.79 Å². The largest absolute Gasteiger partial charge is 0.322 e. The number of urea groups is 1. The minimum absolute atomic E-state index is 0.142. The summed E-state index contributed by atoms with van der Waals surface area (Å²) in [5, 5.41) is 4.34. The van der Waals surface area contributed by atoms with Crippen molar-refractivity contribution in [3.05, 3.63) is 35.4 Å². The molecule has 1 atom stereocenters. The van der Waals surface area contributed by atoms with E-state index in [1.807, 2.05) is 13.8 Å². The highest BCUT2D eigenvalue weighted by molar-refractivity contribution is 6.67. The molecule has 0 unspecified atom stereocenters. The van der Waals surface area contributed by atoms with Gasteiger partial charge in [-0.2, -0.15) is 0 Å². The van der Waals surface area contributed by atoms with Crippen LogP contribution in [0.4, 0.5) is 4.79 Å². The van der Waals surface area contributed by atoms with Crippen LogP contribution in [0.2, 0.25) is 0 Å². The lowest BCUT2D eigenvalue weighted by molar-refractivity contribution is -0.125. The normalized spacial score (nSPS) is 22.3. The van der Waals surface area contributed by atoms with Crippen LogP contribution in [0, 0.1) is 5.92 Å². The van der Waals surface area contributed by atoms with E-state index in [2.05, 4.69) is 10.6 Å². The van der Waals surface area contributed by atoms with Crippen LogP contribution in [0.25, 0.3) is 0 Å².